The lowest BCUT2D eigenvalue weighted by Gasteiger charge is -2.14. The maximum absolute atomic E-state index is 14.4. The molecule has 0 amide bonds. The molecule has 0 saturated heterocycles. The predicted octanol–water partition coefficient (Wildman–Crippen LogP) is 3.20. The largest absolute Gasteiger partial charge is 0.497 e. The number of hydrogen-bond donors (Lipinski definition) is 1. The normalized spacial score (nSPS) is 11.2. The second-order valence-corrected chi connectivity index (χ2v) is 5.24. The number of rotatable bonds is 3. The number of ether oxygens (including phenoxy) is 1. The zero-order valence-corrected chi connectivity index (χ0v) is 13.1. The molecule has 0 saturated carbocycles. The van der Waals surface area contributed by atoms with E-state index in [1.165, 1.54) is 6.07 Å². The van der Waals surface area contributed by atoms with Crippen molar-refractivity contribution in [3.63, 3.8) is 0 Å². The van der Waals surface area contributed by atoms with Gasteiger partial charge in [-0.3, -0.25) is 4.79 Å². The summed E-state index contributed by atoms with van der Waals surface area (Å²) in [6, 6.07) is 2.98. The van der Waals surface area contributed by atoms with Gasteiger partial charge in [0, 0.05) is 5.56 Å². The van der Waals surface area contributed by atoms with E-state index in [-0.39, 0.29) is 10.9 Å². The number of H-pyrrole nitrogens is 1. The third kappa shape index (κ3) is 3.21. The van der Waals surface area contributed by atoms with Crippen molar-refractivity contribution in [2.75, 3.05) is 13.4 Å². The zero-order valence-electron chi connectivity index (χ0n) is 12.3. The van der Waals surface area contributed by atoms with Crippen molar-refractivity contribution in [1.82, 2.24) is 9.97 Å². The minimum absolute atomic E-state index is 0.0322. The third-order valence-electron chi connectivity index (χ3n) is 3.05. The quantitative estimate of drug-likeness (QED) is 0.517. The molecule has 1 heterocycles. The van der Waals surface area contributed by atoms with Gasteiger partial charge in [-0.15, -0.1) is 0 Å². The van der Waals surface area contributed by atoms with Gasteiger partial charge in [-0.2, -0.15) is 18.4 Å². The first-order valence-corrected chi connectivity index (χ1v) is 7.49. The van der Waals surface area contributed by atoms with E-state index >= 15 is 0 Å². The minimum atomic E-state index is -4.98. The second-order valence-electron chi connectivity index (χ2n) is 4.44. The molecular formula is C14H9F4N3O2S. The molecule has 24 heavy (non-hydrogen) atoms. The van der Waals surface area contributed by atoms with Crippen LogP contribution < -0.4 is 10.3 Å². The van der Waals surface area contributed by atoms with Crippen LogP contribution in [0.3, 0.4) is 0 Å². The number of thioether (sulfide) groups is 1. The Balaban J connectivity index is 2.90. The van der Waals surface area contributed by atoms with Crippen LogP contribution in [-0.4, -0.2) is 23.3 Å². The highest BCUT2D eigenvalue weighted by molar-refractivity contribution is 7.98. The SMILES string of the molecule is COc1cc(-c2nc(SC)[nH]c(=O)c2C#N)c(F)c(C(F)(F)F)c1. The molecule has 1 N–H and O–H groups in total. The molecule has 0 aliphatic carbocycles. The maximum atomic E-state index is 14.4. The molecule has 0 bridgehead atoms. The number of alkyl halides is 3. The van der Waals surface area contributed by atoms with Crippen molar-refractivity contribution in [1.29, 1.82) is 5.26 Å². The van der Waals surface area contributed by atoms with E-state index in [9.17, 15) is 22.4 Å². The van der Waals surface area contributed by atoms with Crippen LogP contribution in [0.1, 0.15) is 11.1 Å². The molecule has 10 heteroatoms. The number of aromatic nitrogens is 2. The molecule has 126 valence electrons. The second kappa shape index (κ2) is 6.52. The van der Waals surface area contributed by atoms with Gasteiger partial charge in [0.05, 0.1) is 18.4 Å². The van der Waals surface area contributed by atoms with E-state index in [4.69, 9.17) is 10.00 Å². The Morgan fingerprint density at radius 2 is 2.04 bits per heavy atom. The van der Waals surface area contributed by atoms with Crippen LogP contribution in [0.2, 0.25) is 0 Å². The van der Waals surface area contributed by atoms with Crippen LogP contribution in [0.25, 0.3) is 11.3 Å². The molecule has 0 atom stereocenters. The predicted molar refractivity (Wildman–Crippen MR) is 78.3 cm³/mol. The molecule has 2 aromatic rings. The molecule has 0 fully saturated rings. The van der Waals surface area contributed by atoms with Gasteiger partial charge in [-0.25, -0.2) is 9.37 Å². The van der Waals surface area contributed by atoms with Crippen LogP contribution in [0.15, 0.2) is 22.1 Å². The van der Waals surface area contributed by atoms with Gasteiger partial charge in [-0.05, 0) is 18.4 Å². The molecule has 1 aromatic carbocycles. The van der Waals surface area contributed by atoms with Crippen molar-refractivity contribution in [2.24, 2.45) is 0 Å². The summed E-state index contributed by atoms with van der Waals surface area (Å²) in [6.07, 6.45) is -3.43. The number of methoxy groups -OCH3 is 1. The van der Waals surface area contributed by atoms with E-state index in [2.05, 4.69) is 9.97 Å². The van der Waals surface area contributed by atoms with Gasteiger partial charge in [0.15, 0.2) is 5.16 Å². The van der Waals surface area contributed by atoms with Gasteiger partial charge in [0.2, 0.25) is 0 Å². The lowest BCUT2D eigenvalue weighted by molar-refractivity contribution is -0.140. The summed E-state index contributed by atoms with van der Waals surface area (Å²) in [7, 11) is 1.11. The molecular weight excluding hydrogens is 350 g/mol. The summed E-state index contributed by atoms with van der Waals surface area (Å²) in [4.78, 5) is 18.0. The molecule has 2 rings (SSSR count). The highest BCUT2D eigenvalue weighted by Gasteiger charge is 2.36. The first-order valence-electron chi connectivity index (χ1n) is 6.26. The minimum Gasteiger partial charge on any atom is -0.497 e. The van der Waals surface area contributed by atoms with E-state index in [0.717, 1.165) is 24.9 Å². The lowest BCUT2D eigenvalue weighted by Crippen LogP contribution is -2.16. The number of nitriles is 1. The number of nitrogens with one attached hydrogen (secondary N) is 1. The van der Waals surface area contributed by atoms with Crippen LogP contribution >= 0.6 is 11.8 Å². The summed E-state index contributed by atoms with van der Waals surface area (Å²) in [5.74, 6) is -1.92. The first kappa shape index (κ1) is 17.8. The van der Waals surface area contributed by atoms with Crippen molar-refractivity contribution in [3.8, 4) is 23.1 Å². The Kier molecular flexibility index (Phi) is 4.84. The number of hydrogen-bond acceptors (Lipinski definition) is 5. The first-order chi connectivity index (χ1) is 11.2. The van der Waals surface area contributed by atoms with Crippen molar-refractivity contribution < 1.29 is 22.3 Å². The monoisotopic (exact) mass is 359 g/mol. The highest BCUT2D eigenvalue weighted by Crippen LogP contribution is 2.38. The van der Waals surface area contributed by atoms with Gasteiger partial charge in [0.1, 0.15) is 23.2 Å². The fourth-order valence-electron chi connectivity index (χ4n) is 1.94. The molecule has 5 nitrogen and oxygen atoms in total. The van der Waals surface area contributed by atoms with Crippen LogP contribution in [0.4, 0.5) is 17.6 Å². The van der Waals surface area contributed by atoms with E-state index < -0.39 is 39.9 Å². The Morgan fingerprint density at radius 3 is 2.54 bits per heavy atom. The van der Waals surface area contributed by atoms with Gasteiger partial charge >= 0.3 is 6.18 Å². The Morgan fingerprint density at radius 1 is 1.38 bits per heavy atom. The van der Waals surface area contributed by atoms with Crippen LogP contribution in [0, 0.1) is 17.1 Å². The standard InChI is InChI=1S/C14H9F4N3O2S/c1-23-6-3-7(10(15)9(4-6)14(16,17)18)11-8(5-19)12(22)21-13(20-11)24-2/h3-4H,1-2H3,(H,20,21,22). The van der Waals surface area contributed by atoms with E-state index in [0.29, 0.717) is 6.07 Å². The molecule has 0 spiro atoms. The fourth-order valence-corrected chi connectivity index (χ4v) is 2.32. The summed E-state index contributed by atoms with van der Waals surface area (Å²) in [5.41, 5.74) is -4.16. The zero-order chi connectivity index (χ0) is 18.1. The molecule has 0 unspecified atom stereocenters. The molecule has 0 radical (unpaired) electrons. The smallest absolute Gasteiger partial charge is 0.419 e. The average Bonchev–Trinajstić information content (AvgIpc) is 2.53. The third-order valence-corrected chi connectivity index (χ3v) is 3.63. The number of halogens is 4. The summed E-state index contributed by atoms with van der Waals surface area (Å²) >= 11 is 0.985. The van der Waals surface area contributed by atoms with Gasteiger partial charge in [0.25, 0.3) is 5.56 Å². The number of nitrogens with zero attached hydrogens (tertiary/aromatic N) is 2. The molecule has 0 aliphatic heterocycles. The Hall–Kier alpha value is -2.54. The van der Waals surface area contributed by atoms with Crippen LogP contribution in [0.5, 0.6) is 5.75 Å². The Bertz CT molecular complexity index is 887. The average molecular weight is 359 g/mol. The summed E-state index contributed by atoms with van der Waals surface area (Å²) < 4.78 is 58.2. The van der Waals surface area contributed by atoms with Crippen molar-refractivity contribution in [2.45, 2.75) is 11.3 Å². The highest BCUT2D eigenvalue weighted by atomic mass is 32.2. The van der Waals surface area contributed by atoms with E-state index in [1.54, 1.807) is 6.26 Å². The summed E-state index contributed by atoms with van der Waals surface area (Å²) in [5, 5.41) is 9.11. The lowest BCUT2D eigenvalue weighted by atomic mass is 10.0. The van der Waals surface area contributed by atoms with Gasteiger partial charge < -0.3 is 9.72 Å². The van der Waals surface area contributed by atoms with Crippen LogP contribution in [-0.2, 0) is 6.18 Å². The maximum Gasteiger partial charge on any atom is 0.419 e. The van der Waals surface area contributed by atoms with Crippen molar-refractivity contribution >= 4 is 11.8 Å². The van der Waals surface area contributed by atoms with Gasteiger partial charge in [-0.1, -0.05) is 11.8 Å². The molecule has 1 aromatic heterocycles. The van der Waals surface area contributed by atoms with Crippen molar-refractivity contribution in [3.05, 3.63) is 39.4 Å². The Labute approximate surface area is 137 Å². The molecule has 0 aliphatic rings. The number of benzene rings is 1. The summed E-state index contributed by atoms with van der Waals surface area (Å²) in [6.45, 7) is 0. The van der Waals surface area contributed by atoms with E-state index in [1.807, 2.05) is 0 Å². The fraction of sp³-hybridized carbons (Fsp3) is 0.214. The topological polar surface area (TPSA) is 78.8 Å². The number of aromatic amines is 1.